The minimum absolute atomic E-state index is 0.00958. The van der Waals surface area contributed by atoms with Crippen molar-refractivity contribution in [2.75, 3.05) is 6.61 Å². The van der Waals surface area contributed by atoms with E-state index in [-0.39, 0.29) is 23.6 Å². The molecule has 3 heteroatoms. The molecule has 2 saturated carbocycles. The van der Waals surface area contributed by atoms with Crippen LogP contribution in [0.3, 0.4) is 0 Å². The van der Waals surface area contributed by atoms with Gasteiger partial charge in [0.25, 0.3) is 0 Å². The van der Waals surface area contributed by atoms with Crippen LogP contribution in [0.2, 0.25) is 0 Å². The van der Waals surface area contributed by atoms with Crippen LogP contribution in [0.5, 0.6) is 0 Å². The van der Waals surface area contributed by atoms with Crippen molar-refractivity contribution in [2.24, 2.45) is 17.8 Å². The Hall–Kier alpha value is -0.860. The summed E-state index contributed by atoms with van der Waals surface area (Å²) >= 11 is 0. The van der Waals surface area contributed by atoms with Gasteiger partial charge in [0.05, 0.1) is 12.5 Å². The number of carbonyl (C=O) groups excluding carboxylic acids is 2. The SMILES string of the molecule is CCOC(=O)[C@H]1C[C@@H]1C(=O)CC1CCC1. The average Bonchev–Trinajstić information content (AvgIpc) is 2.91. The van der Waals surface area contributed by atoms with E-state index in [9.17, 15) is 9.59 Å². The second kappa shape index (κ2) is 4.33. The summed E-state index contributed by atoms with van der Waals surface area (Å²) < 4.78 is 4.90. The number of rotatable bonds is 5. The molecule has 0 aromatic carbocycles. The molecule has 2 aliphatic carbocycles. The maximum atomic E-state index is 11.7. The zero-order valence-electron chi connectivity index (χ0n) is 9.20. The molecule has 0 radical (unpaired) electrons. The smallest absolute Gasteiger partial charge is 0.309 e. The van der Waals surface area contributed by atoms with Crippen molar-refractivity contribution in [1.82, 2.24) is 0 Å². The van der Waals surface area contributed by atoms with Crippen LogP contribution in [0.1, 0.15) is 39.0 Å². The average molecular weight is 210 g/mol. The summed E-state index contributed by atoms with van der Waals surface area (Å²) in [4.78, 5) is 23.0. The molecule has 2 rings (SSSR count). The van der Waals surface area contributed by atoms with Gasteiger partial charge < -0.3 is 4.74 Å². The summed E-state index contributed by atoms with van der Waals surface area (Å²) in [5.74, 6) is 0.602. The van der Waals surface area contributed by atoms with Crippen LogP contribution in [0, 0.1) is 17.8 Å². The summed E-state index contributed by atoms with van der Waals surface area (Å²) in [6.07, 6.45) is 5.08. The summed E-state index contributed by atoms with van der Waals surface area (Å²) in [6.45, 7) is 2.21. The molecule has 0 aromatic rings. The van der Waals surface area contributed by atoms with Crippen molar-refractivity contribution in [3.05, 3.63) is 0 Å². The Balaban J connectivity index is 1.72. The lowest BCUT2D eigenvalue weighted by molar-refractivity contribution is -0.146. The first-order valence-electron chi connectivity index (χ1n) is 5.91. The zero-order chi connectivity index (χ0) is 10.8. The molecule has 0 aromatic heterocycles. The van der Waals surface area contributed by atoms with Crippen molar-refractivity contribution >= 4 is 11.8 Å². The molecule has 0 aliphatic heterocycles. The highest BCUT2D eigenvalue weighted by Crippen LogP contribution is 2.43. The first-order valence-corrected chi connectivity index (χ1v) is 5.91. The number of hydrogen-bond donors (Lipinski definition) is 0. The van der Waals surface area contributed by atoms with Crippen LogP contribution in [-0.2, 0) is 14.3 Å². The Labute approximate surface area is 90.2 Å². The summed E-state index contributed by atoms with van der Waals surface area (Å²) in [7, 11) is 0. The lowest BCUT2D eigenvalue weighted by atomic mass is 9.81. The predicted molar refractivity (Wildman–Crippen MR) is 55.2 cm³/mol. The van der Waals surface area contributed by atoms with Gasteiger partial charge in [-0.25, -0.2) is 0 Å². The molecule has 2 fully saturated rings. The third-order valence-electron chi connectivity index (χ3n) is 3.51. The molecular weight excluding hydrogens is 192 g/mol. The van der Waals surface area contributed by atoms with E-state index in [0.717, 1.165) is 6.42 Å². The first-order chi connectivity index (χ1) is 7.22. The van der Waals surface area contributed by atoms with Gasteiger partial charge in [-0.3, -0.25) is 9.59 Å². The molecule has 0 saturated heterocycles. The second-order valence-corrected chi connectivity index (χ2v) is 4.67. The minimum Gasteiger partial charge on any atom is -0.466 e. The Morgan fingerprint density at radius 3 is 2.53 bits per heavy atom. The monoisotopic (exact) mass is 210 g/mol. The molecule has 0 unspecified atom stereocenters. The summed E-state index contributed by atoms with van der Waals surface area (Å²) in [6, 6.07) is 0. The summed E-state index contributed by atoms with van der Waals surface area (Å²) in [5.41, 5.74) is 0. The van der Waals surface area contributed by atoms with Crippen molar-refractivity contribution in [1.29, 1.82) is 0 Å². The van der Waals surface area contributed by atoms with Crippen molar-refractivity contribution in [2.45, 2.75) is 39.0 Å². The van der Waals surface area contributed by atoms with Gasteiger partial charge in [0, 0.05) is 12.3 Å². The van der Waals surface area contributed by atoms with E-state index in [2.05, 4.69) is 0 Å². The molecule has 2 aliphatic rings. The van der Waals surface area contributed by atoms with Crippen LogP contribution in [0.25, 0.3) is 0 Å². The highest BCUT2D eigenvalue weighted by Gasteiger charge is 2.48. The number of Topliss-reactive ketones (excluding diaryl/α,β-unsaturated/α-hetero) is 1. The molecule has 84 valence electrons. The molecule has 15 heavy (non-hydrogen) atoms. The van der Waals surface area contributed by atoms with Gasteiger partial charge in [-0.2, -0.15) is 0 Å². The van der Waals surface area contributed by atoms with Crippen LogP contribution in [-0.4, -0.2) is 18.4 Å². The standard InChI is InChI=1S/C12H18O3/c1-2-15-12(14)10-7-9(10)11(13)6-8-4-3-5-8/h8-10H,2-7H2,1H3/t9-,10-/m0/s1. The fourth-order valence-electron chi connectivity index (χ4n) is 2.19. The maximum absolute atomic E-state index is 11.7. The summed E-state index contributed by atoms with van der Waals surface area (Å²) in [5, 5.41) is 0. The highest BCUT2D eigenvalue weighted by molar-refractivity contribution is 5.91. The first kappa shape index (κ1) is 10.7. The molecule has 0 N–H and O–H groups in total. The van der Waals surface area contributed by atoms with Crippen molar-refractivity contribution in [3.63, 3.8) is 0 Å². The van der Waals surface area contributed by atoms with Crippen LogP contribution in [0.4, 0.5) is 0 Å². The lowest BCUT2D eigenvalue weighted by Crippen LogP contribution is -2.18. The van der Waals surface area contributed by atoms with E-state index in [1.807, 2.05) is 0 Å². The lowest BCUT2D eigenvalue weighted by Gasteiger charge is -2.24. The Morgan fingerprint density at radius 2 is 2.00 bits per heavy atom. The van der Waals surface area contributed by atoms with Crippen LogP contribution in [0.15, 0.2) is 0 Å². The molecule has 2 atom stereocenters. The topological polar surface area (TPSA) is 43.4 Å². The van der Waals surface area contributed by atoms with Gasteiger partial charge in [-0.05, 0) is 19.3 Å². The zero-order valence-corrected chi connectivity index (χ0v) is 9.20. The minimum atomic E-state index is -0.176. The Morgan fingerprint density at radius 1 is 1.27 bits per heavy atom. The molecule has 3 nitrogen and oxygen atoms in total. The van der Waals surface area contributed by atoms with E-state index >= 15 is 0 Å². The normalized spacial score (nSPS) is 29.4. The highest BCUT2D eigenvalue weighted by atomic mass is 16.5. The molecule has 0 bridgehead atoms. The predicted octanol–water partition coefficient (Wildman–Crippen LogP) is 1.94. The van der Waals surface area contributed by atoms with Gasteiger partial charge in [-0.1, -0.05) is 19.3 Å². The van der Waals surface area contributed by atoms with Gasteiger partial charge in [0.15, 0.2) is 0 Å². The fraction of sp³-hybridized carbons (Fsp3) is 0.833. The van der Waals surface area contributed by atoms with E-state index < -0.39 is 0 Å². The molecule has 0 amide bonds. The Kier molecular flexibility index (Phi) is 3.08. The number of esters is 1. The number of hydrogen-bond acceptors (Lipinski definition) is 3. The van der Waals surface area contributed by atoms with Gasteiger partial charge in [-0.15, -0.1) is 0 Å². The fourth-order valence-corrected chi connectivity index (χ4v) is 2.19. The molecule has 0 heterocycles. The quantitative estimate of drug-likeness (QED) is 0.651. The van der Waals surface area contributed by atoms with Crippen molar-refractivity contribution in [3.8, 4) is 0 Å². The van der Waals surface area contributed by atoms with E-state index in [0.29, 0.717) is 18.9 Å². The second-order valence-electron chi connectivity index (χ2n) is 4.67. The van der Waals surface area contributed by atoms with E-state index in [1.54, 1.807) is 6.92 Å². The van der Waals surface area contributed by atoms with Crippen LogP contribution >= 0.6 is 0 Å². The largest absolute Gasteiger partial charge is 0.466 e. The third kappa shape index (κ3) is 2.39. The van der Waals surface area contributed by atoms with Gasteiger partial charge in [0.2, 0.25) is 0 Å². The molecular formula is C12H18O3. The number of carbonyl (C=O) groups is 2. The van der Waals surface area contributed by atoms with Gasteiger partial charge in [0.1, 0.15) is 5.78 Å². The molecule has 0 spiro atoms. The third-order valence-corrected chi connectivity index (χ3v) is 3.51. The van der Waals surface area contributed by atoms with E-state index in [1.165, 1.54) is 19.3 Å². The number of ketones is 1. The van der Waals surface area contributed by atoms with Crippen molar-refractivity contribution < 1.29 is 14.3 Å². The van der Waals surface area contributed by atoms with Crippen LogP contribution < -0.4 is 0 Å². The maximum Gasteiger partial charge on any atom is 0.309 e. The Bertz CT molecular complexity index is 268. The van der Waals surface area contributed by atoms with E-state index in [4.69, 9.17) is 4.74 Å². The number of ether oxygens (including phenoxy) is 1. The van der Waals surface area contributed by atoms with Gasteiger partial charge >= 0.3 is 5.97 Å².